The van der Waals surface area contributed by atoms with E-state index in [4.69, 9.17) is 9.47 Å². The number of anilines is 1. The van der Waals surface area contributed by atoms with Crippen LogP contribution in [-0.4, -0.2) is 29.7 Å². The highest BCUT2D eigenvalue weighted by atomic mass is 16.5. The monoisotopic (exact) mass is 387 g/mol. The SMILES string of the molecule is COc1cccc(C(=O)Nc2nc3ccccc3n2Cc2ccccc2)c1OC. The lowest BCUT2D eigenvalue weighted by Crippen LogP contribution is -2.17. The van der Waals surface area contributed by atoms with Crippen molar-refractivity contribution in [3.63, 3.8) is 0 Å². The highest BCUT2D eigenvalue weighted by Crippen LogP contribution is 2.31. The summed E-state index contributed by atoms with van der Waals surface area (Å²) >= 11 is 0. The number of aromatic nitrogens is 2. The molecule has 0 aliphatic rings. The van der Waals surface area contributed by atoms with Gasteiger partial charge in [-0.25, -0.2) is 4.98 Å². The predicted octanol–water partition coefficient (Wildman–Crippen LogP) is 4.35. The number of hydrogen-bond acceptors (Lipinski definition) is 4. The first kappa shape index (κ1) is 18.6. The van der Waals surface area contributed by atoms with Crippen molar-refractivity contribution in [1.29, 1.82) is 0 Å². The third kappa shape index (κ3) is 3.65. The number of fused-ring (bicyclic) bond motifs is 1. The number of hydrogen-bond donors (Lipinski definition) is 1. The number of nitrogens with one attached hydrogen (secondary N) is 1. The van der Waals surface area contributed by atoms with Crippen molar-refractivity contribution in [2.75, 3.05) is 19.5 Å². The Bertz CT molecular complexity index is 1150. The largest absolute Gasteiger partial charge is 0.493 e. The molecule has 4 aromatic rings. The van der Waals surface area contributed by atoms with Crippen LogP contribution in [0.5, 0.6) is 11.5 Å². The standard InChI is InChI=1S/C23H21N3O3/c1-28-20-14-8-11-17(21(20)29-2)22(27)25-23-24-18-12-6-7-13-19(18)26(23)15-16-9-4-3-5-10-16/h3-14H,15H2,1-2H3,(H,24,25,27). The molecule has 6 nitrogen and oxygen atoms in total. The Balaban J connectivity index is 1.73. The zero-order valence-corrected chi connectivity index (χ0v) is 16.3. The molecule has 0 unspecified atom stereocenters. The van der Waals surface area contributed by atoms with E-state index in [2.05, 4.69) is 10.3 Å². The Hall–Kier alpha value is -3.80. The van der Waals surface area contributed by atoms with Crippen LogP contribution in [0.4, 0.5) is 5.95 Å². The average molecular weight is 387 g/mol. The van der Waals surface area contributed by atoms with E-state index < -0.39 is 0 Å². The molecule has 146 valence electrons. The van der Waals surface area contributed by atoms with Gasteiger partial charge in [-0.05, 0) is 29.8 Å². The van der Waals surface area contributed by atoms with Gasteiger partial charge in [0.25, 0.3) is 5.91 Å². The highest BCUT2D eigenvalue weighted by molar-refractivity contribution is 6.06. The molecule has 29 heavy (non-hydrogen) atoms. The second-order valence-corrected chi connectivity index (χ2v) is 6.49. The quantitative estimate of drug-likeness (QED) is 0.534. The summed E-state index contributed by atoms with van der Waals surface area (Å²) in [6.07, 6.45) is 0. The van der Waals surface area contributed by atoms with E-state index in [-0.39, 0.29) is 5.91 Å². The van der Waals surface area contributed by atoms with Crippen LogP contribution in [0.1, 0.15) is 15.9 Å². The molecular weight excluding hydrogens is 366 g/mol. The first-order chi connectivity index (χ1) is 14.2. The smallest absolute Gasteiger partial charge is 0.261 e. The van der Waals surface area contributed by atoms with E-state index in [1.807, 2.05) is 59.2 Å². The number of amides is 1. The highest BCUT2D eigenvalue weighted by Gasteiger charge is 2.19. The van der Waals surface area contributed by atoms with Crippen LogP contribution in [-0.2, 0) is 6.54 Å². The van der Waals surface area contributed by atoms with E-state index in [1.165, 1.54) is 7.11 Å². The van der Waals surface area contributed by atoms with E-state index in [9.17, 15) is 4.79 Å². The van der Waals surface area contributed by atoms with Gasteiger partial charge in [0.15, 0.2) is 11.5 Å². The normalized spacial score (nSPS) is 10.7. The predicted molar refractivity (Wildman–Crippen MR) is 113 cm³/mol. The molecule has 1 N–H and O–H groups in total. The summed E-state index contributed by atoms with van der Waals surface area (Å²) in [5.74, 6) is 1.05. The molecule has 0 fully saturated rings. The molecule has 0 bridgehead atoms. The van der Waals surface area contributed by atoms with Gasteiger partial charge in [0.2, 0.25) is 5.95 Å². The van der Waals surface area contributed by atoms with Gasteiger partial charge in [-0.1, -0.05) is 48.5 Å². The minimum Gasteiger partial charge on any atom is -0.493 e. The van der Waals surface area contributed by atoms with Crippen LogP contribution in [0.25, 0.3) is 11.0 Å². The first-order valence-electron chi connectivity index (χ1n) is 9.23. The lowest BCUT2D eigenvalue weighted by atomic mass is 10.1. The summed E-state index contributed by atoms with van der Waals surface area (Å²) in [5, 5.41) is 2.94. The fourth-order valence-electron chi connectivity index (χ4n) is 3.33. The number of imidazole rings is 1. The summed E-state index contributed by atoms with van der Waals surface area (Å²) in [6.45, 7) is 0.589. The average Bonchev–Trinajstić information content (AvgIpc) is 3.10. The van der Waals surface area contributed by atoms with Gasteiger partial charge in [-0.15, -0.1) is 0 Å². The van der Waals surface area contributed by atoms with E-state index in [0.29, 0.717) is 29.6 Å². The summed E-state index contributed by atoms with van der Waals surface area (Å²) < 4.78 is 12.7. The molecule has 6 heteroatoms. The lowest BCUT2D eigenvalue weighted by molar-refractivity contribution is 0.102. The van der Waals surface area contributed by atoms with Gasteiger partial charge in [-0.3, -0.25) is 10.1 Å². The lowest BCUT2D eigenvalue weighted by Gasteiger charge is -2.13. The number of nitrogens with zero attached hydrogens (tertiary/aromatic N) is 2. The van der Waals surface area contributed by atoms with Crippen molar-refractivity contribution in [3.05, 3.63) is 83.9 Å². The summed E-state index contributed by atoms with van der Waals surface area (Å²) in [5.41, 5.74) is 3.26. The molecule has 0 aliphatic heterocycles. The maximum absolute atomic E-state index is 13.0. The molecule has 0 spiro atoms. The summed E-state index contributed by atoms with van der Waals surface area (Å²) in [4.78, 5) is 17.7. The Morgan fingerprint density at radius 2 is 1.69 bits per heavy atom. The summed E-state index contributed by atoms with van der Waals surface area (Å²) in [7, 11) is 3.05. The van der Waals surface area contributed by atoms with Crippen LogP contribution in [0, 0.1) is 0 Å². The molecule has 1 amide bonds. The number of para-hydroxylation sites is 3. The van der Waals surface area contributed by atoms with Crippen molar-refractivity contribution in [3.8, 4) is 11.5 Å². The Morgan fingerprint density at radius 1 is 0.931 bits per heavy atom. The van der Waals surface area contributed by atoms with Crippen molar-refractivity contribution >= 4 is 22.9 Å². The van der Waals surface area contributed by atoms with Crippen LogP contribution < -0.4 is 14.8 Å². The topological polar surface area (TPSA) is 65.4 Å². The van der Waals surface area contributed by atoms with Gasteiger partial charge in [0.1, 0.15) is 0 Å². The van der Waals surface area contributed by atoms with Crippen LogP contribution in [0.3, 0.4) is 0 Å². The fraction of sp³-hybridized carbons (Fsp3) is 0.130. The number of methoxy groups -OCH3 is 2. The number of carbonyl (C=O) groups is 1. The third-order valence-electron chi connectivity index (χ3n) is 4.71. The minimum atomic E-state index is -0.314. The van der Waals surface area contributed by atoms with Crippen LogP contribution in [0.2, 0.25) is 0 Å². The number of carbonyl (C=O) groups excluding carboxylic acids is 1. The molecule has 0 saturated heterocycles. The Kier molecular flexibility index (Phi) is 5.16. The second kappa shape index (κ2) is 8.06. The molecule has 0 aliphatic carbocycles. The van der Waals surface area contributed by atoms with Gasteiger partial charge < -0.3 is 14.0 Å². The van der Waals surface area contributed by atoms with Crippen LogP contribution >= 0.6 is 0 Å². The van der Waals surface area contributed by atoms with Gasteiger partial charge in [0.05, 0.1) is 37.4 Å². The van der Waals surface area contributed by atoms with E-state index >= 15 is 0 Å². The van der Waals surface area contributed by atoms with Crippen molar-refractivity contribution < 1.29 is 14.3 Å². The number of rotatable bonds is 6. The number of benzene rings is 3. The molecule has 0 saturated carbocycles. The molecule has 0 atom stereocenters. The zero-order chi connectivity index (χ0) is 20.2. The fourth-order valence-corrected chi connectivity index (χ4v) is 3.33. The third-order valence-corrected chi connectivity index (χ3v) is 4.71. The first-order valence-corrected chi connectivity index (χ1v) is 9.23. The van der Waals surface area contributed by atoms with Gasteiger partial charge >= 0.3 is 0 Å². The number of ether oxygens (including phenoxy) is 2. The van der Waals surface area contributed by atoms with E-state index in [0.717, 1.165) is 16.6 Å². The van der Waals surface area contributed by atoms with Crippen molar-refractivity contribution in [2.45, 2.75) is 6.54 Å². The van der Waals surface area contributed by atoms with Crippen LogP contribution in [0.15, 0.2) is 72.8 Å². The van der Waals surface area contributed by atoms with Gasteiger partial charge in [0, 0.05) is 0 Å². The molecule has 1 aromatic heterocycles. The zero-order valence-electron chi connectivity index (χ0n) is 16.3. The molecule has 4 rings (SSSR count). The maximum Gasteiger partial charge on any atom is 0.261 e. The molecule has 0 radical (unpaired) electrons. The Labute approximate surface area is 168 Å². The maximum atomic E-state index is 13.0. The second-order valence-electron chi connectivity index (χ2n) is 6.49. The molecular formula is C23H21N3O3. The van der Waals surface area contributed by atoms with Crippen molar-refractivity contribution in [1.82, 2.24) is 9.55 Å². The summed E-state index contributed by atoms with van der Waals surface area (Å²) in [6, 6.07) is 23.1. The van der Waals surface area contributed by atoms with Crippen molar-refractivity contribution in [2.24, 2.45) is 0 Å². The van der Waals surface area contributed by atoms with E-state index in [1.54, 1.807) is 25.3 Å². The Morgan fingerprint density at radius 3 is 2.45 bits per heavy atom. The molecule has 1 heterocycles. The minimum absolute atomic E-state index is 0.314. The molecule has 3 aromatic carbocycles. The van der Waals surface area contributed by atoms with Gasteiger partial charge in [-0.2, -0.15) is 0 Å².